The van der Waals surface area contributed by atoms with Crippen molar-refractivity contribution in [1.82, 2.24) is 42.4 Å². The number of furan rings is 1. The number of benzene rings is 13. The Kier molecular flexibility index (Phi) is 20.9. The summed E-state index contributed by atoms with van der Waals surface area (Å²) < 4.78 is 31.0. The van der Waals surface area contributed by atoms with Crippen LogP contribution in [-0.2, 0) is 64.7 Å². The zero-order valence-corrected chi connectivity index (χ0v) is 67.9. The number of rotatable bonds is 14. The van der Waals surface area contributed by atoms with E-state index in [0.717, 1.165) is 146 Å². The van der Waals surface area contributed by atoms with E-state index >= 15 is 0 Å². The number of pyridine rings is 2. The maximum absolute atomic E-state index is 6.41. The molecule has 14 nitrogen and oxygen atoms in total. The van der Waals surface area contributed by atoms with Gasteiger partial charge in [-0.15, -0.1) is 135 Å². The average molecular weight is 1720 g/mol. The SMILES string of the molecule is Cn1cc[c-]c1-n1ccc2ccc(-n3c4ccccc4c4ccc(-n5c6[c-]cccc6c6ccccc65)nc43)[c-]c21.[Cu].[Cu].[Cu].[c-]1c(-c2cccc3ccc[c-]c23)cccc1N1c2ccccc2Oc2ccc(-n3c4[c-]cccc4c4ccccc43)nc21.[c-]1ccccc1C[C-](CN(c1ccccc1)c1nc2c(-n3[c-]ccc3)coc2o1)c1ccccc1. The summed E-state index contributed by atoms with van der Waals surface area (Å²) in [7, 11) is 2.03. The van der Waals surface area contributed by atoms with Crippen LogP contribution in [0.5, 0.6) is 11.5 Å². The molecule has 122 heavy (non-hydrogen) atoms. The van der Waals surface area contributed by atoms with Gasteiger partial charge >= 0.3 is 11.8 Å². The second-order valence-electron chi connectivity index (χ2n) is 29.2. The number of hydrogen-bond acceptors (Lipinski definition) is 8. The summed E-state index contributed by atoms with van der Waals surface area (Å²) >= 11 is 0. The van der Waals surface area contributed by atoms with E-state index in [0.29, 0.717) is 35.4 Å². The van der Waals surface area contributed by atoms with Crippen molar-refractivity contribution in [3.63, 3.8) is 0 Å². The van der Waals surface area contributed by atoms with E-state index < -0.39 is 0 Å². The molecule has 3 radical (unpaired) electrons. The Morgan fingerprint density at radius 2 is 1.09 bits per heavy atom. The molecule has 601 valence electrons. The zero-order valence-electron chi connectivity index (χ0n) is 65.0. The molecule has 0 N–H and O–H groups in total. The van der Waals surface area contributed by atoms with Gasteiger partial charge in [0.2, 0.25) is 0 Å². The first-order chi connectivity index (χ1) is 58.9. The fourth-order valence-electron chi connectivity index (χ4n) is 16.7. The molecule has 11 heterocycles. The summed E-state index contributed by atoms with van der Waals surface area (Å²) in [5.41, 5.74) is 16.7. The van der Waals surface area contributed by atoms with Crippen molar-refractivity contribution in [2.45, 2.75) is 6.42 Å². The molecule has 0 amide bonds. The summed E-state index contributed by atoms with van der Waals surface area (Å²) in [4.78, 5) is 19.7. The van der Waals surface area contributed by atoms with Crippen LogP contribution >= 0.6 is 0 Å². The van der Waals surface area contributed by atoms with Gasteiger partial charge in [-0.25, -0.2) is 22.1 Å². The average Bonchev–Trinajstić information content (AvgIpc) is 1.48. The van der Waals surface area contributed by atoms with Gasteiger partial charge in [0.1, 0.15) is 22.8 Å². The first-order valence-corrected chi connectivity index (χ1v) is 39.3. The molecular formula is C105H66Cu3N11O3-9. The minimum Gasteiger partial charge on any atom is -0.451 e. The Morgan fingerprint density at radius 3 is 1.83 bits per heavy atom. The quantitative estimate of drug-likeness (QED) is 0.0782. The maximum atomic E-state index is 6.41. The number of hydrogen-bond donors (Lipinski definition) is 0. The van der Waals surface area contributed by atoms with Crippen LogP contribution in [0.2, 0.25) is 0 Å². The number of fused-ring (bicyclic) bond motifs is 14. The maximum Gasteiger partial charge on any atom is 0.310 e. The van der Waals surface area contributed by atoms with Crippen LogP contribution in [-0.4, -0.2) is 48.9 Å². The standard InChI is InChI=1S/C39H22N3O.C36H22N5.C30H22N3O2.3Cu/c1-2-15-29-26(11-1)12-10-18-30(29)27-13-9-14-28(25-27)41-35-21-7-8-22-36(35)43-37-23-24-38(40-39(37)41)42-33-19-5-3-16-31(33)32-17-4-6-20-34(32)42;1-38-21-8-15-35(38)39-22-20-24-16-17-25(23-33(24)39)40-30-12-5-4-11-28(30)29-18-19-34(37-36(29)40)41-31-13-6-2-9-26(31)27-10-3-7-14-32(27)41;1-4-12-23(13-5-1)20-25(24-14-6-2-7-15-24)21-33(26-16-8-3-9-17-26)30-31-28-27(22-34-29(28)35-30)32-18-10-11-19-32;;;/h1-14,16-19,21-24H;2-13,16-22H,1H3;1-12,14-18,22H,20-21H2;;;/q3*-3;;;. The number of anilines is 5. The van der Waals surface area contributed by atoms with E-state index in [1.807, 2.05) is 151 Å². The molecule has 0 spiro atoms. The van der Waals surface area contributed by atoms with Gasteiger partial charge in [-0.2, -0.15) is 119 Å². The van der Waals surface area contributed by atoms with E-state index in [-0.39, 0.29) is 51.2 Å². The Hall–Kier alpha value is -14.5. The summed E-state index contributed by atoms with van der Waals surface area (Å²) in [6.07, 6.45) is 11.5. The molecule has 1 aliphatic heterocycles. The molecule has 0 fully saturated rings. The number of para-hydroxylation sites is 8. The molecule has 0 saturated heterocycles. The van der Waals surface area contributed by atoms with Crippen LogP contribution in [0.1, 0.15) is 11.1 Å². The van der Waals surface area contributed by atoms with Crippen LogP contribution < -0.4 is 14.5 Å². The molecule has 0 atom stereocenters. The van der Waals surface area contributed by atoms with E-state index in [9.17, 15) is 0 Å². The van der Waals surface area contributed by atoms with Crippen molar-refractivity contribution in [2.75, 3.05) is 16.3 Å². The van der Waals surface area contributed by atoms with E-state index in [1.54, 1.807) is 6.26 Å². The first-order valence-electron chi connectivity index (χ1n) is 39.3. The molecule has 24 rings (SSSR count). The van der Waals surface area contributed by atoms with Gasteiger partial charge in [-0.1, -0.05) is 150 Å². The van der Waals surface area contributed by atoms with Crippen molar-refractivity contribution in [3.05, 3.63) is 424 Å². The minimum atomic E-state index is 0. The predicted molar refractivity (Wildman–Crippen MR) is 474 cm³/mol. The van der Waals surface area contributed by atoms with Crippen molar-refractivity contribution in [3.8, 4) is 51.5 Å². The normalized spacial score (nSPS) is 11.6. The second kappa shape index (κ2) is 33.0. The van der Waals surface area contributed by atoms with E-state index in [4.69, 9.17) is 28.5 Å². The molecule has 1 aliphatic rings. The Labute approximate surface area is 734 Å². The van der Waals surface area contributed by atoms with Gasteiger partial charge in [0.15, 0.2) is 17.3 Å². The zero-order chi connectivity index (χ0) is 78.9. The summed E-state index contributed by atoms with van der Waals surface area (Å²) in [6.45, 7) is 0.588. The van der Waals surface area contributed by atoms with Crippen molar-refractivity contribution >= 4 is 127 Å². The summed E-state index contributed by atoms with van der Waals surface area (Å²) in [5, 5.41) is 10.3. The van der Waals surface area contributed by atoms with Gasteiger partial charge in [-0.3, -0.25) is 0 Å². The van der Waals surface area contributed by atoms with Crippen LogP contribution in [0.4, 0.5) is 28.9 Å². The third-order valence-electron chi connectivity index (χ3n) is 22.1. The van der Waals surface area contributed by atoms with Crippen LogP contribution in [0, 0.1) is 54.6 Å². The molecular weight excluding hydrogens is 1650 g/mol. The third kappa shape index (κ3) is 13.8. The monoisotopic (exact) mass is 1720 g/mol. The topological polar surface area (TPSA) is 110 Å². The molecule has 17 heteroatoms. The first kappa shape index (κ1) is 77.4. The Morgan fingerprint density at radius 1 is 0.434 bits per heavy atom. The molecule has 0 bridgehead atoms. The number of oxazole rings is 1. The fourth-order valence-corrected chi connectivity index (χ4v) is 16.7. The largest absolute Gasteiger partial charge is 0.451 e. The predicted octanol–water partition coefficient (Wildman–Crippen LogP) is 24.7. The molecule has 0 saturated carbocycles. The molecule has 13 aromatic carbocycles. The van der Waals surface area contributed by atoms with Gasteiger partial charge < -0.3 is 50.8 Å². The number of ether oxygens (including phenoxy) is 1. The fraction of sp³-hybridized carbons (Fsp3) is 0.0286. The van der Waals surface area contributed by atoms with Crippen molar-refractivity contribution in [2.24, 2.45) is 7.05 Å². The van der Waals surface area contributed by atoms with Gasteiger partial charge in [0.25, 0.3) is 0 Å². The van der Waals surface area contributed by atoms with Gasteiger partial charge in [-0.05, 0) is 96.4 Å². The van der Waals surface area contributed by atoms with Gasteiger partial charge in [0, 0.05) is 96.7 Å². The smallest absolute Gasteiger partial charge is 0.310 e. The number of aromatic nitrogens is 9. The Balaban J connectivity index is 0.000000120. The van der Waals surface area contributed by atoms with Crippen molar-refractivity contribution < 1.29 is 64.8 Å². The van der Waals surface area contributed by atoms with E-state index in [1.165, 1.54) is 27.6 Å². The van der Waals surface area contributed by atoms with E-state index in [2.05, 4.69) is 294 Å². The van der Waals surface area contributed by atoms with Crippen LogP contribution in [0.3, 0.4) is 0 Å². The minimum absolute atomic E-state index is 0. The molecule has 23 aromatic rings. The van der Waals surface area contributed by atoms with Gasteiger partial charge in [0.05, 0.1) is 17.5 Å². The number of nitrogens with zero attached hydrogens (tertiary/aromatic N) is 11. The Bertz CT molecular complexity index is 7620. The third-order valence-corrected chi connectivity index (χ3v) is 22.1. The summed E-state index contributed by atoms with van der Waals surface area (Å²) in [5.74, 6) is 6.39. The van der Waals surface area contributed by atoms with Crippen LogP contribution in [0.25, 0.3) is 138 Å². The second-order valence-corrected chi connectivity index (χ2v) is 29.2. The summed E-state index contributed by atoms with van der Waals surface area (Å²) in [6, 6.07) is 139. The number of aryl methyl sites for hydroxylation is 1. The van der Waals surface area contributed by atoms with Crippen molar-refractivity contribution in [1.29, 1.82) is 0 Å². The molecule has 0 unspecified atom stereocenters. The van der Waals surface area contributed by atoms with Crippen LogP contribution in [0.15, 0.2) is 367 Å². The molecule has 0 aliphatic carbocycles. The molecule has 10 aromatic heterocycles.